The predicted octanol–water partition coefficient (Wildman–Crippen LogP) is 4.03. The van der Waals surface area contributed by atoms with Crippen LogP contribution >= 0.6 is 11.8 Å². The third-order valence-corrected chi connectivity index (χ3v) is 5.71. The zero-order chi connectivity index (χ0) is 20.1. The number of nitrogens with zero attached hydrogens (tertiary/aromatic N) is 1. The van der Waals surface area contributed by atoms with Gasteiger partial charge in [-0.05, 0) is 24.3 Å². The summed E-state index contributed by atoms with van der Waals surface area (Å²) in [6.07, 6.45) is 0.338. The van der Waals surface area contributed by atoms with Crippen molar-refractivity contribution in [2.45, 2.75) is 11.3 Å². The van der Waals surface area contributed by atoms with Crippen molar-refractivity contribution in [3.05, 3.63) is 60.4 Å². The number of rotatable bonds is 6. The second-order valence-corrected chi connectivity index (χ2v) is 7.83. The van der Waals surface area contributed by atoms with Gasteiger partial charge in [0.2, 0.25) is 11.7 Å². The molecule has 0 spiro atoms. The molecule has 7 heteroatoms. The van der Waals surface area contributed by atoms with Crippen LogP contribution in [0.15, 0.2) is 63.9 Å². The summed E-state index contributed by atoms with van der Waals surface area (Å²) in [6.45, 7) is 2.03. The molecule has 1 saturated heterocycles. The fourth-order valence-corrected chi connectivity index (χ4v) is 4.08. The molecule has 0 unspecified atom stereocenters. The third-order valence-electron chi connectivity index (χ3n) is 4.69. The number of para-hydroxylation sites is 1. The third kappa shape index (κ3) is 4.63. The highest BCUT2D eigenvalue weighted by atomic mass is 32.2. The monoisotopic (exact) mass is 410 g/mol. The topological polar surface area (TPSA) is 71.8 Å². The van der Waals surface area contributed by atoms with Gasteiger partial charge in [0.05, 0.1) is 13.2 Å². The molecule has 1 fully saturated rings. The zero-order valence-electron chi connectivity index (χ0n) is 15.9. The van der Waals surface area contributed by atoms with Crippen molar-refractivity contribution in [3.63, 3.8) is 0 Å². The highest BCUT2D eigenvalue weighted by Gasteiger charge is 2.27. The average Bonchev–Trinajstić information content (AvgIpc) is 3.13. The van der Waals surface area contributed by atoms with E-state index < -0.39 is 0 Å². The van der Waals surface area contributed by atoms with Crippen molar-refractivity contribution in [1.29, 1.82) is 0 Å². The normalized spacial score (nSPS) is 14.1. The maximum atomic E-state index is 13.0. The number of fused-ring (bicyclic) bond motifs is 1. The lowest BCUT2D eigenvalue weighted by atomic mass is 10.2. The van der Waals surface area contributed by atoms with Gasteiger partial charge in [-0.1, -0.05) is 30.3 Å². The molecule has 2 aromatic carbocycles. The first-order valence-electron chi connectivity index (χ1n) is 9.58. The minimum absolute atomic E-state index is 0.143. The molecule has 1 N–H and O–H groups in total. The standard InChI is InChI=1S/C22H22N2O4S/c25-19(10-15-29-16-6-2-1-3-7-16)23-20-17-8-4-5-9-18(17)28-21(20)22(26)24-11-13-27-14-12-24/h1-9H,10-15H2,(H,23,25). The van der Waals surface area contributed by atoms with Gasteiger partial charge in [0.1, 0.15) is 11.3 Å². The Morgan fingerprint density at radius 1 is 1.00 bits per heavy atom. The number of hydrogen-bond acceptors (Lipinski definition) is 5. The van der Waals surface area contributed by atoms with Crippen molar-refractivity contribution in [1.82, 2.24) is 4.90 Å². The number of carbonyl (C=O) groups is 2. The Morgan fingerprint density at radius 3 is 2.52 bits per heavy atom. The highest BCUT2D eigenvalue weighted by molar-refractivity contribution is 7.99. The summed E-state index contributed by atoms with van der Waals surface area (Å²) < 4.78 is 11.2. The molecule has 1 aromatic heterocycles. The van der Waals surface area contributed by atoms with Crippen LogP contribution in [0.2, 0.25) is 0 Å². The number of benzene rings is 2. The SMILES string of the molecule is O=C(CCSc1ccccc1)Nc1c(C(=O)N2CCOCC2)oc2ccccc12. The van der Waals surface area contributed by atoms with Crippen LogP contribution in [-0.2, 0) is 9.53 Å². The molecule has 6 nitrogen and oxygen atoms in total. The van der Waals surface area contributed by atoms with Crippen LogP contribution in [0.5, 0.6) is 0 Å². The lowest BCUT2D eigenvalue weighted by Gasteiger charge is -2.26. The number of anilines is 1. The maximum absolute atomic E-state index is 13.0. The van der Waals surface area contributed by atoms with Crippen LogP contribution < -0.4 is 5.32 Å². The molecule has 4 rings (SSSR count). The van der Waals surface area contributed by atoms with Gasteiger partial charge >= 0.3 is 0 Å². The second-order valence-electron chi connectivity index (χ2n) is 6.67. The average molecular weight is 410 g/mol. The molecule has 0 saturated carbocycles. The van der Waals surface area contributed by atoms with E-state index in [9.17, 15) is 9.59 Å². The molecule has 1 aliphatic rings. The molecule has 3 aromatic rings. The van der Waals surface area contributed by atoms with E-state index in [0.717, 1.165) is 10.3 Å². The molecule has 150 valence electrons. The molecule has 1 aliphatic heterocycles. The Kier molecular flexibility index (Phi) is 6.17. The summed E-state index contributed by atoms with van der Waals surface area (Å²) in [4.78, 5) is 28.4. The van der Waals surface area contributed by atoms with E-state index in [0.29, 0.717) is 49.7 Å². The van der Waals surface area contributed by atoms with E-state index in [1.165, 1.54) is 0 Å². The number of amides is 2. The van der Waals surface area contributed by atoms with Crippen molar-refractivity contribution in [3.8, 4) is 0 Å². The molecule has 0 bridgehead atoms. The van der Waals surface area contributed by atoms with E-state index in [2.05, 4.69) is 5.32 Å². The number of thioether (sulfide) groups is 1. The van der Waals surface area contributed by atoms with Crippen LogP contribution in [0, 0.1) is 0 Å². The zero-order valence-corrected chi connectivity index (χ0v) is 16.7. The minimum atomic E-state index is -0.224. The number of carbonyl (C=O) groups excluding carboxylic acids is 2. The van der Waals surface area contributed by atoms with E-state index in [1.807, 2.05) is 48.5 Å². The van der Waals surface area contributed by atoms with Crippen LogP contribution in [0.4, 0.5) is 5.69 Å². The van der Waals surface area contributed by atoms with Gasteiger partial charge in [-0.2, -0.15) is 0 Å². The van der Waals surface area contributed by atoms with E-state index in [-0.39, 0.29) is 17.6 Å². The van der Waals surface area contributed by atoms with Gasteiger partial charge in [-0.3, -0.25) is 9.59 Å². The quantitative estimate of drug-likeness (QED) is 0.622. The fourth-order valence-electron chi connectivity index (χ4n) is 3.21. The fraction of sp³-hybridized carbons (Fsp3) is 0.273. The summed E-state index contributed by atoms with van der Waals surface area (Å²) in [7, 11) is 0. The van der Waals surface area contributed by atoms with Crippen molar-refractivity contribution >= 4 is 40.2 Å². The summed E-state index contributed by atoms with van der Waals surface area (Å²) in [6, 6.07) is 17.3. The predicted molar refractivity (Wildman–Crippen MR) is 113 cm³/mol. The molecule has 29 heavy (non-hydrogen) atoms. The lowest BCUT2D eigenvalue weighted by Crippen LogP contribution is -2.40. The molecule has 0 aliphatic carbocycles. The van der Waals surface area contributed by atoms with Gasteiger partial charge in [0, 0.05) is 35.5 Å². The Morgan fingerprint density at radius 2 is 1.72 bits per heavy atom. The van der Waals surface area contributed by atoms with Crippen molar-refractivity contribution < 1.29 is 18.7 Å². The van der Waals surface area contributed by atoms with Gasteiger partial charge < -0.3 is 19.4 Å². The van der Waals surface area contributed by atoms with Crippen molar-refractivity contribution in [2.75, 3.05) is 37.4 Å². The van der Waals surface area contributed by atoms with Crippen LogP contribution in [-0.4, -0.2) is 48.8 Å². The van der Waals surface area contributed by atoms with Gasteiger partial charge in [0.25, 0.3) is 5.91 Å². The number of ether oxygens (including phenoxy) is 1. The van der Waals surface area contributed by atoms with E-state index in [4.69, 9.17) is 9.15 Å². The first kappa shape index (κ1) is 19.5. The minimum Gasteiger partial charge on any atom is -0.449 e. The first-order chi connectivity index (χ1) is 14.2. The molecular formula is C22H22N2O4S. The number of hydrogen-bond donors (Lipinski definition) is 1. The largest absolute Gasteiger partial charge is 0.449 e. The maximum Gasteiger partial charge on any atom is 0.291 e. The molecule has 2 heterocycles. The number of nitrogens with one attached hydrogen (secondary N) is 1. The van der Waals surface area contributed by atoms with Crippen LogP contribution in [0.25, 0.3) is 11.0 Å². The van der Waals surface area contributed by atoms with Gasteiger partial charge in [-0.25, -0.2) is 0 Å². The van der Waals surface area contributed by atoms with E-state index >= 15 is 0 Å². The molecule has 0 atom stereocenters. The first-order valence-corrected chi connectivity index (χ1v) is 10.6. The molecular weight excluding hydrogens is 388 g/mol. The molecule has 2 amide bonds. The summed E-state index contributed by atoms with van der Waals surface area (Å²) in [5.74, 6) is 0.463. The number of morpholine rings is 1. The second kappa shape index (κ2) is 9.15. The smallest absolute Gasteiger partial charge is 0.291 e. The Labute approximate surface area is 173 Å². The Bertz CT molecular complexity index is 996. The summed E-state index contributed by atoms with van der Waals surface area (Å²) in [5.41, 5.74) is 1.03. The summed E-state index contributed by atoms with van der Waals surface area (Å²) in [5, 5.41) is 3.64. The lowest BCUT2D eigenvalue weighted by molar-refractivity contribution is -0.115. The molecule has 0 radical (unpaired) electrons. The van der Waals surface area contributed by atoms with Gasteiger partial charge in [-0.15, -0.1) is 11.8 Å². The highest BCUT2D eigenvalue weighted by Crippen LogP contribution is 2.32. The van der Waals surface area contributed by atoms with Crippen LogP contribution in [0.3, 0.4) is 0 Å². The summed E-state index contributed by atoms with van der Waals surface area (Å²) >= 11 is 1.62. The van der Waals surface area contributed by atoms with Crippen LogP contribution in [0.1, 0.15) is 17.0 Å². The van der Waals surface area contributed by atoms with Crippen molar-refractivity contribution in [2.24, 2.45) is 0 Å². The number of furan rings is 1. The van der Waals surface area contributed by atoms with E-state index in [1.54, 1.807) is 22.7 Å². The van der Waals surface area contributed by atoms with Gasteiger partial charge in [0.15, 0.2) is 0 Å². The Balaban J connectivity index is 1.49. The Hall–Kier alpha value is -2.77.